The molecule has 0 spiro atoms. The van der Waals surface area contributed by atoms with Crippen molar-refractivity contribution in [3.05, 3.63) is 89.5 Å². The summed E-state index contributed by atoms with van der Waals surface area (Å²) in [5.41, 5.74) is 8.32. The lowest BCUT2D eigenvalue weighted by molar-refractivity contribution is -0.120. The van der Waals surface area contributed by atoms with E-state index >= 15 is 0 Å². The zero-order valence-electron chi connectivity index (χ0n) is 16.4. The number of nitrogens with one attached hydrogen (secondary N) is 3. The molecule has 0 unspecified atom stereocenters. The Bertz CT molecular complexity index is 986. The predicted octanol–water partition coefficient (Wildman–Crippen LogP) is 3.97. The maximum Gasteiger partial charge on any atom is 0.269 e. The summed E-state index contributed by atoms with van der Waals surface area (Å²) in [6, 6.07) is 22.0. The lowest BCUT2D eigenvalue weighted by Gasteiger charge is -2.11. The number of anilines is 1. The van der Waals surface area contributed by atoms with Crippen molar-refractivity contribution >= 4 is 17.5 Å². The van der Waals surface area contributed by atoms with Gasteiger partial charge in [-0.25, -0.2) is 0 Å². The van der Waals surface area contributed by atoms with E-state index < -0.39 is 5.91 Å². The highest BCUT2D eigenvalue weighted by molar-refractivity contribution is 5.95. The largest absolute Gasteiger partial charge is 0.457 e. The monoisotopic (exact) mass is 389 g/mol. The maximum atomic E-state index is 12.2. The number of benzene rings is 3. The van der Waals surface area contributed by atoms with E-state index in [2.05, 4.69) is 16.2 Å². The van der Waals surface area contributed by atoms with Gasteiger partial charge >= 0.3 is 0 Å². The van der Waals surface area contributed by atoms with Gasteiger partial charge in [0.05, 0.1) is 6.54 Å². The SMILES string of the molecule is Cc1ccc(NCC(=O)NNC(=O)c2ccc(Oc3ccccc3)cc2)c(C)c1. The molecule has 0 saturated carbocycles. The molecular formula is C23H23N3O3. The minimum absolute atomic E-state index is 0.0496. The number of hydrogen-bond donors (Lipinski definition) is 3. The van der Waals surface area contributed by atoms with Crippen molar-refractivity contribution in [2.24, 2.45) is 0 Å². The van der Waals surface area contributed by atoms with E-state index in [1.54, 1.807) is 24.3 Å². The summed E-state index contributed by atoms with van der Waals surface area (Å²) < 4.78 is 5.69. The summed E-state index contributed by atoms with van der Waals surface area (Å²) in [6.07, 6.45) is 0. The second kappa shape index (κ2) is 9.41. The third-order valence-electron chi connectivity index (χ3n) is 4.23. The van der Waals surface area contributed by atoms with Crippen molar-refractivity contribution in [1.29, 1.82) is 0 Å². The van der Waals surface area contributed by atoms with Crippen LogP contribution in [-0.2, 0) is 4.79 Å². The normalized spacial score (nSPS) is 10.1. The Morgan fingerprint density at radius 1 is 0.828 bits per heavy atom. The van der Waals surface area contributed by atoms with Crippen molar-refractivity contribution in [2.45, 2.75) is 13.8 Å². The molecule has 3 rings (SSSR count). The van der Waals surface area contributed by atoms with E-state index in [0.717, 1.165) is 16.8 Å². The molecule has 0 atom stereocenters. The Hall–Kier alpha value is -3.80. The number of carbonyl (C=O) groups excluding carboxylic acids is 2. The first-order valence-corrected chi connectivity index (χ1v) is 9.24. The van der Waals surface area contributed by atoms with E-state index in [9.17, 15) is 9.59 Å². The summed E-state index contributed by atoms with van der Waals surface area (Å²) in [5, 5.41) is 3.05. The molecule has 0 bridgehead atoms. The van der Waals surface area contributed by atoms with Crippen LogP contribution in [0.3, 0.4) is 0 Å². The van der Waals surface area contributed by atoms with Gasteiger partial charge in [-0.3, -0.25) is 20.4 Å². The Morgan fingerprint density at radius 2 is 1.52 bits per heavy atom. The molecule has 6 heteroatoms. The summed E-state index contributed by atoms with van der Waals surface area (Å²) in [6.45, 7) is 4.04. The van der Waals surface area contributed by atoms with Gasteiger partial charge < -0.3 is 10.1 Å². The topological polar surface area (TPSA) is 79.5 Å². The quantitative estimate of drug-likeness (QED) is 0.558. The average molecular weight is 389 g/mol. The predicted molar refractivity (Wildman–Crippen MR) is 113 cm³/mol. The molecule has 148 valence electrons. The molecule has 0 aliphatic carbocycles. The molecule has 0 radical (unpaired) electrons. The van der Waals surface area contributed by atoms with E-state index in [1.807, 2.05) is 62.4 Å². The molecule has 0 fully saturated rings. The number of aryl methyl sites for hydroxylation is 2. The number of ether oxygens (including phenoxy) is 1. The minimum atomic E-state index is -0.406. The summed E-state index contributed by atoms with van der Waals surface area (Å²) in [4.78, 5) is 24.2. The smallest absolute Gasteiger partial charge is 0.269 e. The molecule has 0 aliphatic heterocycles. The number of para-hydroxylation sites is 1. The van der Waals surface area contributed by atoms with Crippen LogP contribution in [0.25, 0.3) is 0 Å². The van der Waals surface area contributed by atoms with Crippen molar-refractivity contribution < 1.29 is 14.3 Å². The zero-order valence-corrected chi connectivity index (χ0v) is 16.4. The van der Waals surface area contributed by atoms with Crippen LogP contribution in [0.5, 0.6) is 11.5 Å². The third-order valence-corrected chi connectivity index (χ3v) is 4.23. The first kappa shape index (κ1) is 19.9. The molecule has 3 aromatic carbocycles. The van der Waals surface area contributed by atoms with Crippen LogP contribution in [0.15, 0.2) is 72.8 Å². The fourth-order valence-corrected chi connectivity index (χ4v) is 2.73. The third kappa shape index (κ3) is 5.84. The molecule has 0 aromatic heterocycles. The Labute approximate surface area is 169 Å². The van der Waals surface area contributed by atoms with Crippen LogP contribution in [0, 0.1) is 13.8 Å². The summed E-state index contributed by atoms with van der Waals surface area (Å²) >= 11 is 0. The number of hydrazine groups is 1. The molecule has 0 aliphatic rings. The average Bonchev–Trinajstić information content (AvgIpc) is 2.72. The van der Waals surface area contributed by atoms with Gasteiger partial charge in [-0.2, -0.15) is 0 Å². The number of hydrogen-bond acceptors (Lipinski definition) is 4. The molecule has 6 nitrogen and oxygen atoms in total. The van der Waals surface area contributed by atoms with Gasteiger partial charge in [0, 0.05) is 11.3 Å². The van der Waals surface area contributed by atoms with E-state index in [1.165, 1.54) is 0 Å². The first-order chi connectivity index (χ1) is 14.0. The number of rotatable bonds is 6. The fraction of sp³-hybridized carbons (Fsp3) is 0.130. The Morgan fingerprint density at radius 3 is 2.21 bits per heavy atom. The highest BCUT2D eigenvalue weighted by atomic mass is 16.5. The highest BCUT2D eigenvalue weighted by Crippen LogP contribution is 2.21. The Balaban J connectivity index is 1.46. The molecule has 2 amide bonds. The van der Waals surface area contributed by atoms with Crippen molar-refractivity contribution in [1.82, 2.24) is 10.9 Å². The van der Waals surface area contributed by atoms with Crippen LogP contribution in [-0.4, -0.2) is 18.4 Å². The summed E-state index contributed by atoms with van der Waals surface area (Å²) in [7, 11) is 0. The molecular weight excluding hydrogens is 366 g/mol. The van der Waals surface area contributed by atoms with E-state index in [-0.39, 0.29) is 12.5 Å². The van der Waals surface area contributed by atoms with Crippen LogP contribution >= 0.6 is 0 Å². The van der Waals surface area contributed by atoms with Gasteiger partial charge in [-0.05, 0) is 61.9 Å². The van der Waals surface area contributed by atoms with Gasteiger partial charge in [0.25, 0.3) is 11.8 Å². The van der Waals surface area contributed by atoms with Gasteiger partial charge in [0.1, 0.15) is 11.5 Å². The van der Waals surface area contributed by atoms with E-state index in [0.29, 0.717) is 17.1 Å². The molecule has 0 saturated heterocycles. The molecule has 29 heavy (non-hydrogen) atoms. The van der Waals surface area contributed by atoms with Gasteiger partial charge in [0.15, 0.2) is 0 Å². The fourth-order valence-electron chi connectivity index (χ4n) is 2.73. The lowest BCUT2D eigenvalue weighted by atomic mass is 10.1. The first-order valence-electron chi connectivity index (χ1n) is 9.24. The number of carbonyl (C=O) groups is 2. The van der Waals surface area contributed by atoms with Gasteiger partial charge in [-0.15, -0.1) is 0 Å². The summed E-state index contributed by atoms with van der Waals surface area (Å²) in [5.74, 6) is 0.584. The minimum Gasteiger partial charge on any atom is -0.457 e. The van der Waals surface area contributed by atoms with Gasteiger partial charge in [-0.1, -0.05) is 35.9 Å². The maximum absolute atomic E-state index is 12.2. The lowest BCUT2D eigenvalue weighted by Crippen LogP contribution is -2.44. The van der Waals surface area contributed by atoms with E-state index in [4.69, 9.17) is 4.74 Å². The van der Waals surface area contributed by atoms with Crippen molar-refractivity contribution in [3.8, 4) is 11.5 Å². The Kier molecular flexibility index (Phi) is 6.47. The van der Waals surface area contributed by atoms with Crippen LogP contribution in [0.2, 0.25) is 0 Å². The molecule has 3 aromatic rings. The van der Waals surface area contributed by atoms with Crippen molar-refractivity contribution in [2.75, 3.05) is 11.9 Å². The second-order valence-corrected chi connectivity index (χ2v) is 6.61. The molecule has 0 heterocycles. The van der Waals surface area contributed by atoms with Crippen LogP contribution in [0.1, 0.15) is 21.5 Å². The van der Waals surface area contributed by atoms with Crippen LogP contribution in [0.4, 0.5) is 5.69 Å². The van der Waals surface area contributed by atoms with Gasteiger partial charge in [0.2, 0.25) is 0 Å². The van der Waals surface area contributed by atoms with Crippen LogP contribution < -0.4 is 20.9 Å². The molecule has 3 N–H and O–H groups in total. The second-order valence-electron chi connectivity index (χ2n) is 6.61. The standard InChI is InChI=1S/C23H23N3O3/c1-16-8-13-21(17(2)14-16)24-15-22(27)25-26-23(28)18-9-11-20(12-10-18)29-19-6-4-3-5-7-19/h3-14,24H,15H2,1-2H3,(H,25,27)(H,26,28). The highest BCUT2D eigenvalue weighted by Gasteiger charge is 2.08. The van der Waals surface area contributed by atoms with Crippen molar-refractivity contribution in [3.63, 3.8) is 0 Å². The zero-order chi connectivity index (χ0) is 20.6. The number of amides is 2.